The van der Waals surface area contributed by atoms with Crippen LogP contribution in [0, 0.1) is 0 Å². The predicted molar refractivity (Wildman–Crippen MR) is 302 cm³/mol. The lowest BCUT2D eigenvalue weighted by Crippen LogP contribution is -2.51. The van der Waals surface area contributed by atoms with E-state index in [4.69, 9.17) is 0 Å². The summed E-state index contributed by atoms with van der Waals surface area (Å²) in [5, 5.41) is 56.2. The van der Waals surface area contributed by atoms with Gasteiger partial charge in [-0.3, -0.25) is 24.5 Å². The second-order valence-electron chi connectivity index (χ2n) is 22.6. The van der Waals surface area contributed by atoms with Gasteiger partial charge in [-0.25, -0.2) is 0 Å². The normalized spacial score (nSPS) is 16.2. The molecule has 0 aliphatic carbocycles. The second kappa shape index (κ2) is 49.5. The van der Waals surface area contributed by atoms with E-state index in [0.717, 1.165) is 130 Å². The highest BCUT2D eigenvalue weighted by Gasteiger charge is 2.23. The molecule has 0 bridgehead atoms. The van der Waals surface area contributed by atoms with Crippen molar-refractivity contribution in [2.24, 2.45) is 0 Å². The highest BCUT2D eigenvalue weighted by molar-refractivity contribution is 4.79. The van der Waals surface area contributed by atoms with Crippen LogP contribution in [-0.4, -0.2) is 179 Å². The molecule has 10 nitrogen and oxygen atoms in total. The molecular formula is C60H125N5O5. The molecule has 5 unspecified atom stereocenters. The van der Waals surface area contributed by atoms with E-state index in [1.54, 1.807) is 0 Å². The van der Waals surface area contributed by atoms with Crippen molar-refractivity contribution in [3.63, 3.8) is 0 Å². The van der Waals surface area contributed by atoms with Crippen LogP contribution in [-0.2, 0) is 0 Å². The van der Waals surface area contributed by atoms with Gasteiger partial charge < -0.3 is 25.5 Å². The van der Waals surface area contributed by atoms with Crippen molar-refractivity contribution in [2.45, 2.75) is 290 Å². The Hall–Kier alpha value is -0.400. The monoisotopic (exact) mass is 996 g/mol. The van der Waals surface area contributed by atoms with Crippen LogP contribution in [0.3, 0.4) is 0 Å². The molecule has 0 amide bonds. The lowest BCUT2D eigenvalue weighted by atomic mass is 10.1. The van der Waals surface area contributed by atoms with Crippen LogP contribution < -0.4 is 0 Å². The maximum Gasteiger partial charge on any atom is 0.0667 e. The molecule has 5 N–H and O–H groups in total. The molecule has 420 valence electrons. The minimum atomic E-state index is -0.382. The average Bonchev–Trinajstić information content (AvgIpc) is 3.34. The fraction of sp³-hybridized carbons (Fsp3) is 1.00. The van der Waals surface area contributed by atoms with Crippen molar-refractivity contribution in [1.29, 1.82) is 0 Å². The summed E-state index contributed by atoms with van der Waals surface area (Å²) in [5.41, 5.74) is 0. The van der Waals surface area contributed by atoms with Gasteiger partial charge in [0.2, 0.25) is 0 Å². The van der Waals surface area contributed by atoms with Gasteiger partial charge in [0, 0.05) is 98.2 Å². The molecule has 5 atom stereocenters. The van der Waals surface area contributed by atoms with E-state index < -0.39 is 0 Å². The molecule has 1 aliphatic heterocycles. The molecule has 1 aliphatic rings. The molecule has 0 saturated carbocycles. The molecule has 10 heteroatoms. The van der Waals surface area contributed by atoms with Crippen molar-refractivity contribution in [3.05, 3.63) is 0 Å². The average molecular weight is 997 g/mol. The fourth-order valence-corrected chi connectivity index (χ4v) is 10.6. The smallest absolute Gasteiger partial charge is 0.0667 e. The van der Waals surface area contributed by atoms with Gasteiger partial charge in [-0.2, -0.15) is 0 Å². The SMILES string of the molecule is CCCCCCCCC(O)CN(CCN1CCN(CCN(CC(O)CCCCCCCC)CC(O)CCCCCCCC)CC1)CCN(CC(O)CCCCCCCC)CC(O)CCCCCCCC. The third-order valence-corrected chi connectivity index (χ3v) is 15.5. The third-order valence-electron chi connectivity index (χ3n) is 15.5. The molecule has 0 spiro atoms. The highest BCUT2D eigenvalue weighted by Crippen LogP contribution is 2.16. The van der Waals surface area contributed by atoms with Gasteiger partial charge in [0.15, 0.2) is 0 Å². The van der Waals surface area contributed by atoms with Crippen molar-refractivity contribution >= 4 is 0 Å². The summed E-state index contributed by atoms with van der Waals surface area (Å²) >= 11 is 0. The largest absolute Gasteiger partial charge is 0.392 e. The van der Waals surface area contributed by atoms with Crippen LogP contribution in [0.15, 0.2) is 0 Å². The predicted octanol–water partition coefficient (Wildman–Crippen LogP) is 12.1. The summed E-state index contributed by atoms with van der Waals surface area (Å²) in [5.74, 6) is 0. The van der Waals surface area contributed by atoms with Gasteiger partial charge in [0.1, 0.15) is 0 Å². The topological polar surface area (TPSA) is 117 Å². The zero-order chi connectivity index (χ0) is 51.1. The van der Waals surface area contributed by atoms with Crippen molar-refractivity contribution in [2.75, 3.05) is 98.2 Å². The zero-order valence-corrected chi connectivity index (χ0v) is 47.7. The van der Waals surface area contributed by atoms with Crippen LogP contribution in [0.1, 0.15) is 259 Å². The minimum absolute atomic E-state index is 0.339. The molecule has 0 aromatic rings. The second-order valence-corrected chi connectivity index (χ2v) is 22.6. The quantitative estimate of drug-likeness (QED) is 0.0377. The molecular weight excluding hydrogens is 871 g/mol. The number of unbranched alkanes of at least 4 members (excludes halogenated alkanes) is 25. The summed E-state index contributed by atoms with van der Waals surface area (Å²) in [6, 6.07) is 0. The zero-order valence-electron chi connectivity index (χ0n) is 47.7. The number of rotatable bonds is 54. The maximum absolute atomic E-state index is 11.4. The molecule has 1 rings (SSSR count). The van der Waals surface area contributed by atoms with Gasteiger partial charge in [-0.05, 0) is 32.1 Å². The first-order valence-corrected chi connectivity index (χ1v) is 31.2. The van der Waals surface area contributed by atoms with Gasteiger partial charge in [-0.1, -0.05) is 227 Å². The van der Waals surface area contributed by atoms with Gasteiger partial charge in [0.05, 0.1) is 30.5 Å². The van der Waals surface area contributed by atoms with E-state index in [-0.39, 0.29) is 30.5 Å². The van der Waals surface area contributed by atoms with Gasteiger partial charge in [-0.15, -0.1) is 0 Å². The number of piperazine rings is 1. The maximum atomic E-state index is 11.4. The summed E-state index contributed by atoms with van der Waals surface area (Å²) in [6.07, 6.45) is 39.3. The molecule has 1 heterocycles. The van der Waals surface area contributed by atoms with Crippen molar-refractivity contribution in [1.82, 2.24) is 24.5 Å². The summed E-state index contributed by atoms with van der Waals surface area (Å²) < 4.78 is 0. The Labute approximate surface area is 436 Å². The van der Waals surface area contributed by atoms with Crippen molar-refractivity contribution < 1.29 is 25.5 Å². The van der Waals surface area contributed by atoms with E-state index in [0.29, 0.717) is 32.7 Å². The number of hydrogen-bond acceptors (Lipinski definition) is 10. The van der Waals surface area contributed by atoms with Gasteiger partial charge in [0.25, 0.3) is 0 Å². The number of nitrogens with zero attached hydrogens (tertiary/aromatic N) is 5. The Bertz CT molecular complexity index is 1010. The van der Waals surface area contributed by atoms with E-state index >= 15 is 0 Å². The number of aliphatic hydroxyl groups excluding tert-OH is 5. The van der Waals surface area contributed by atoms with Crippen molar-refractivity contribution in [3.8, 4) is 0 Å². The molecule has 1 saturated heterocycles. The Balaban J connectivity index is 2.89. The first kappa shape index (κ1) is 67.6. The summed E-state index contributed by atoms with van der Waals surface area (Å²) in [6.45, 7) is 23.9. The number of hydrogen-bond donors (Lipinski definition) is 5. The minimum Gasteiger partial charge on any atom is -0.392 e. The molecule has 0 radical (unpaired) electrons. The Morgan fingerprint density at radius 1 is 0.271 bits per heavy atom. The van der Waals surface area contributed by atoms with E-state index in [1.165, 1.54) is 161 Å². The first-order chi connectivity index (χ1) is 34.1. The molecule has 0 aromatic heterocycles. The third kappa shape index (κ3) is 41.9. The fourth-order valence-electron chi connectivity index (χ4n) is 10.6. The highest BCUT2D eigenvalue weighted by atomic mass is 16.3. The van der Waals surface area contributed by atoms with E-state index in [9.17, 15) is 25.5 Å². The summed E-state index contributed by atoms with van der Waals surface area (Å²) in [7, 11) is 0. The van der Waals surface area contributed by atoms with E-state index in [1.807, 2.05) is 0 Å². The Kier molecular flexibility index (Phi) is 47.8. The summed E-state index contributed by atoms with van der Waals surface area (Å²) in [4.78, 5) is 12.3. The molecule has 70 heavy (non-hydrogen) atoms. The standard InChI is InChI=1S/C60H125N5O5/c1-6-11-16-21-26-31-36-56(66)51-63(48-50-65(54-59(69)39-34-29-24-19-14-9-4)55-60(70)40-35-30-25-20-15-10-5)47-45-61-41-43-62(44-42-61)46-49-64(52-57(67)37-32-27-22-17-12-7-2)53-58(68)38-33-28-23-18-13-8-3/h56-60,66-70H,6-55H2,1-5H3. The van der Waals surface area contributed by atoms with E-state index in [2.05, 4.69) is 59.1 Å². The van der Waals surface area contributed by atoms with Crippen LogP contribution >= 0.6 is 0 Å². The van der Waals surface area contributed by atoms with Crippen LogP contribution in [0.25, 0.3) is 0 Å². The number of aliphatic hydroxyl groups is 5. The Morgan fingerprint density at radius 3 is 0.743 bits per heavy atom. The van der Waals surface area contributed by atoms with Crippen LogP contribution in [0.4, 0.5) is 0 Å². The van der Waals surface area contributed by atoms with Crippen LogP contribution in [0.2, 0.25) is 0 Å². The lowest BCUT2D eigenvalue weighted by molar-refractivity contribution is 0.0419. The first-order valence-electron chi connectivity index (χ1n) is 31.2. The molecule has 0 aromatic carbocycles. The van der Waals surface area contributed by atoms with Gasteiger partial charge >= 0.3 is 0 Å². The van der Waals surface area contributed by atoms with Crippen LogP contribution in [0.5, 0.6) is 0 Å². The lowest BCUT2D eigenvalue weighted by Gasteiger charge is -2.37. The Morgan fingerprint density at radius 2 is 0.471 bits per heavy atom. The molecule has 1 fully saturated rings.